The molecule has 0 saturated heterocycles. The molecule has 144 valence electrons. The molecule has 28 heavy (non-hydrogen) atoms. The van der Waals surface area contributed by atoms with Gasteiger partial charge in [-0.3, -0.25) is 4.79 Å². The number of nitrogens with zero attached hydrogens (tertiary/aromatic N) is 2. The Kier molecular flexibility index (Phi) is 4.43. The number of nitrogens with two attached hydrogens (primary N) is 1. The Morgan fingerprint density at radius 2 is 1.86 bits per heavy atom. The Bertz CT molecular complexity index is 1020. The molecule has 1 aliphatic rings. The third-order valence-electron chi connectivity index (χ3n) is 4.80. The van der Waals surface area contributed by atoms with Crippen molar-refractivity contribution in [2.45, 2.75) is 25.1 Å². The van der Waals surface area contributed by atoms with Gasteiger partial charge in [0.05, 0.1) is 23.5 Å². The van der Waals surface area contributed by atoms with Gasteiger partial charge in [-0.1, -0.05) is 6.07 Å². The van der Waals surface area contributed by atoms with Crippen molar-refractivity contribution in [3.63, 3.8) is 0 Å². The molecule has 0 spiro atoms. The topological polar surface area (TPSA) is 72.9 Å². The zero-order valence-corrected chi connectivity index (χ0v) is 14.7. The molecular weight excluding hydrogens is 369 g/mol. The van der Waals surface area contributed by atoms with Gasteiger partial charge < -0.3 is 11.1 Å². The average molecular weight is 386 g/mol. The Balaban J connectivity index is 1.61. The number of alkyl halides is 3. The molecule has 1 atom stereocenters. The fraction of sp³-hybridized carbons (Fsp3) is 0.200. The number of amides is 1. The lowest BCUT2D eigenvalue weighted by Crippen LogP contribution is -2.34. The van der Waals surface area contributed by atoms with Crippen molar-refractivity contribution in [1.82, 2.24) is 9.78 Å². The molecule has 2 aromatic carbocycles. The minimum absolute atomic E-state index is 0.193. The summed E-state index contributed by atoms with van der Waals surface area (Å²) in [6.07, 6.45) is 0.280. The van der Waals surface area contributed by atoms with Crippen LogP contribution in [0.1, 0.15) is 17.5 Å². The van der Waals surface area contributed by atoms with E-state index in [4.69, 9.17) is 5.73 Å². The SMILES string of the molecule is NC1CCc2cc(-c3cnn(-c4ccc(C(F)(F)F)cc4)c3)ccc2NC1=O. The molecule has 0 radical (unpaired) electrons. The summed E-state index contributed by atoms with van der Waals surface area (Å²) in [6.45, 7) is 0. The van der Waals surface area contributed by atoms with Crippen molar-refractivity contribution >= 4 is 11.6 Å². The first-order chi connectivity index (χ1) is 13.3. The zero-order valence-electron chi connectivity index (χ0n) is 14.7. The van der Waals surface area contributed by atoms with Gasteiger partial charge in [0.25, 0.3) is 0 Å². The third-order valence-corrected chi connectivity index (χ3v) is 4.80. The van der Waals surface area contributed by atoms with Gasteiger partial charge in [-0.05, 0) is 60.4 Å². The minimum Gasteiger partial charge on any atom is -0.324 e. The zero-order chi connectivity index (χ0) is 19.9. The van der Waals surface area contributed by atoms with Crippen LogP contribution < -0.4 is 11.1 Å². The normalized spacial score (nSPS) is 17.0. The summed E-state index contributed by atoms with van der Waals surface area (Å²) < 4.78 is 39.6. The van der Waals surface area contributed by atoms with E-state index in [0.29, 0.717) is 18.5 Å². The highest BCUT2D eigenvalue weighted by Crippen LogP contribution is 2.31. The van der Waals surface area contributed by atoms with Gasteiger partial charge in [0, 0.05) is 17.4 Å². The first-order valence-corrected chi connectivity index (χ1v) is 8.73. The second-order valence-electron chi connectivity index (χ2n) is 6.72. The molecule has 1 amide bonds. The first-order valence-electron chi connectivity index (χ1n) is 8.73. The molecule has 5 nitrogen and oxygen atoms in total. The molecule has 1 aliphatic heterocycles. The number of benzene rings is 2. The molecule has 0 fully saturated rings. The van der Waals surface area contributed by atoms with Gasteiger partial charge in [0.1, 0.15) is 0 Å². The number of carbonyl (C=O) groups is 1. The summed E-state index contributed by atoms with van der Waals surface area (Å²) in [5, 5.41) is 7.08. The van der Waals surface area contributed by atoms with Crippen molar-refractivity contribution in [1.29, 1.82) is 0 Å². The number of aryl methyl sites for hydroxylation is 1. The number of carbonyl (C=O) groups excluding carboxylic acids is 1. The highest BCUT2D eigenvalue weighted by atomic mass is 19.4. The summed E-state index contributed by atoms with van der Waals surface area (Å²) in [7, 11) is 0. The summed E-state index contributed by atoms with van der Waals surface area (Å²) in [5.74, 6) is -0.193. The highest BCUT2D eigenvalue weighted by Gasteiger charge is 2.30. The van der Waals surface area contributed by atoms with Gasteiger partial charge in [-0.2, -0.15) is 18.3 Å². The van der Waals surface area contributed by atoms with Crippen LogP contribution >= 0.6 is 0 Å². The quantitative estimate of drug-likeness (QED) is 0.704. The maximum absolute atomic E-state index is 12.7. The largest absolute Gasteiger partial charge is 0.416 e. The van der Waals surface area contributed by atoms with Gasteiger partial charge in [-0.25, -0.2) is 4.68 Å². The summed E-state index contributed by atoms with van der Waals surface area (Å²) in [6, 6.07) is 9.97. The Hall–Kier alpha value is -3.13. The third kappa shape index (κ3) is 3.50. The van der Waals surface area contributed by atoms with Crippen LogP contribution in [-0.2, 0) is 17.4 Å². The number of fused-ring (bicyclic) bond motifs is 1. The molecule has 3 aromatic rings. The number of hydrogen-bond acceptors (Lipinski definition) is 3. The van der Waals surface area contributed by atoms with E-state index in [1.54, 1.807) is 12.4 Å². The van der Waals surface area contributed by atoms with E-state index < -0.39 is 17.8 Å². The smallest absolute Gasteiger partial charge is 0.324 e. The Labute approximate surface area is 159 Å². The maximum atomic E-state index is 12.7. The molecule has 0 aliphatic carbocycles. The van der Waals surface area contributed by atoms with Crippen LogP contribution in [-0.4, -0.2) is 21.7 Å². The van der Waals surface area contributed by atoms with E-state index in [2.05, 4.69) is 10.4 Å². The Morgan fingerprint density at radius 1 is 1.11 bits per heavy atom. The minimum atomic E-state index is -4.37. The van der Waals surface area contributed by atoms with E-state index in [9.17, 15) is 18.0 Å². The van der Waals surface area contributed by atoms with Gasteiger partial charge in [-0.15, -0.1) is 0 Å². The predicted molar refractivity (Wildman–Crippen MR) is 98.9 cm³/mol. The maximum Gasteiger partial charge on any atom is 0.416 e. The lowest BCUT2D eigenvalue weighted by atomic mass is 10.0. The van der Waals surface area contributed by atoms with Crippen molar-refractivity contribution in [2.24, 2.45) is 5.73 Å². The van der Waals surface area contributed by atoms with E-state index in [-0.39, 0.29) is 5.91 Å². The Morgan fingerprint density at radius 3 is 2.57 bits per heavy atom. The molecule has 0 saturated carbocycles. The van der Waals surface area contributed by atoms with Crippen LogP contribution in [0.25, 0.3) is 16.8 Å². The number of anilines is 1. The monoisotopic (exact) mass is 386 g/mol. The molecule has 3 N–H and O–H groups in total. The highest BCUT2D eigenvalue weighted by molar-refractivity contribution is 5.96. The van der Waals surface area contributed by atoms with Crippen LogP contribution in [0.3, 0.4) is 0 Å². The van der Waals surface area contributed by atoms with E-state index >= 15 is 0 Å². The summed E-state index contributed by atoms with van der Waals surface area (Å²) >= 11 is 0. The number of aromatic nitrogens is 2. The molecule has 8 heteroatoms. The molecule has 1 unspecified atom stereocenters. The van der Waals surface area contributed by atoms with Gasteiger partial charge in [0.15, 0.2) is 0 Å². The van der Waals surface area contributed by atoms with E-state index in [1.165, 1.54) is 16.8 Å². The number of halogens is 3. The summed E-state index contributed by atoms with van der Waals surface area (Å²) in [4.78, 5) is 11.9. The molecule has 2 heterocycles. The van der Waals surface area contributed by atoms with Crippen molar-refractivity contribution in [3.05, 3.63) is 66.0 Å². The predicted octanol–water partition coefficient (Wildman–Crippen LogP) is 3.77. The van der Waals surface area contributed by atoms with Crippen LogP contribution in [0.5, 0.6) is 0 Å². The second kappa shape index (κ2) is 6.79. The fourth-order valence-electron chi connectivity index (χ4n) is 3.19. The van der Waals surface area contributed by atoms with Crippen LogP contribution in [0.15, 0.2) is 54.9 Å². The first kappa shape index (κ1) is 18.2. The lowest BCUT2D eigenvalue weighted by Gasteiger charge is -2.09. The van der Waals surface area contributed by atoms with Crippen molar-refractivity contribution in [3.8, 4) is 16.8 Å². The molecule has 4 rings (SSSR count). The van der Waals surface area contributed by atoms with Crippen LogP contribution in [0.2, 0.25) is 0 Å². The number of nitrogens with one attached hydrogen (secondary N) is 1. The van der Waals surface area contributed by atoms with Gasteiger partial charge >= 0.3 is 6.18 Å². The average Bonchev–Trinajstić information content (AvgIpc) is 3.11. The van der Waals surface area contributed by atoms with Crippen LogP contribution in [0, 0.1) is 0 Å². The van der Waals surface area contributed by atoms with Crippen LogP contribution in [0.4, 0.5) is 18.9 Å². The summed E-state index contributed by atoms with van der Waals surface area (Å²) in [5.41, 5.74) is 9.11. The van der Waals surface area contributed by atoms with Crippen molar-refractivity contribution < 1.29 is 18.0 Å². The number of rotatable bonds is 2. The fourth-order valence-corrected chi connectivity index (χ4v) is 3.19. The molecule has 1 aromatic heterocycles. The van der Waals surface area contributed by atoms with E-state index in [0.717, 1.165) is 34.5 Å². The van der Waals surface area contributed by atoms with E-state index in [1.807, 2.05) is 18.2 Å². The second-order valence-corrected chi connectivity index (χ2v) is 6.72. The number of hydrogen-bond donors (Lipinski definition) is 2. The lowest BCUT2D eigenvalue weighted by molar-refractivity contribution is -0.137. The molecular formula is C20H17F3N4O. The molecule has 0 bridgehead atoms. The van der Waals surface area contributed by atoms with Gasteiger partial charge in [0.2, 0.25) is 5.91 Å². The standard InChI is InChI=1S/C20H17F3N4O/c21-20(22,23)15-3-5-16(6-4-15)27-11-14(10-25-27)12-2-8-18-13(9-12)1-7-17(24)19(28)26-18/h2-6,8-11,17H,1,7,24H2,(H,26,28). The van der Waals surface area contributed by atoms with Crippen molar-refractivity contribution in [2.75, 3.05) is 5.32 Å².